The summed E-state index contributed by atoms with van der Waals surface area (Å²) in [5.74, 6) is 0. The van der Waals surface area contributed by atoms with E-state index < -0.39 is 15.9 Å². The van der Waals surface area contributed by atoms with E-state index in [0.717, 1.165) is 14.3 Å². The summed E-state index contributed by atoms with van der Waals surface area (Å²) in [5.41, 5.74) is 11.2. The van der Waals surface area contributed by atoms with Gasteiger partial charge in [0, 0.05) is 0 Å². The van der Waals surface area contributed by atoms with Crippen molar-refractivity contribution in [1.29, 1.82) is 0 Å². The second-order valence-corrected chi connectivity index (χ2v) is 37.3. The van der Waals surface area contributed by atoms with Gasteiger partial charge in [-0.1, -0.05) is 0 Å². The zero-order valence-electron chi connectivity index (χ0n) is 28.9. The molecule has 3 heteroatoms. The fraction of sp³-hybridized carbons (Fsp3) is 0.326. The van der Waals surface area contributed by atoms with Gasteiger partial charge in [-0.3, -0.25) is 0 Å². The number of fused-ring (bicyclic) bond motifs is 3. The molecule has 6 rings (SSSR count). The molecular formula is C43H48Cl2Zr. The van der Waals surface area contributed by atoms with E-state index in [2.05, 4.69) is 178 Å². The van der Waals surface area contributed by atoms with Gasteiger partial charge in [0.25, 0.3) is 0 Å². The van der Waals surface area contributed by atoms with Crippen LogP contribution in [-0.2, 0) is 26.7 Å². The number of benzene rings is 4. The third-order valence-electron chi connectivity index (χ3n) is 10.2. The van der Waals surface area contributed by atoms with Crippen LogP contribution in [0, 0.1) is 5.41 Å². The van der Waals surface area contributed by atoms with Crippen molar-refractivity contribution >= 4 is 20.2 Å². The van der Waals surface area contributed by atoms with E-state index in [0.29, 0.717) is 0 Å². The molecule has 4 aromatic carbocycles. The Morgan fingerprint density at radius 3 is 1.37 bits per heavy atom. The van der Waals surface area contributed by atoms with Crippen LogP contribution in [0.5, 0.6) is 0 Å². The van der Waals surface area contributed by atoms with Gasteiger partial charge in [-0.15, -0.1) is 0 Å². The molecule has 0 aromatic heterocycles. The average molecular weight is 727 g/mol. The quantitative estimate of drug-likeness (QED) is 0.196. The molecule has 0 bridgehead atoms. The molecule has 0 nitrogen and oxygen atoms in total. The maximum absolute atomic E-state index is 8.89. The van der Waals surface area contributed by atoms with Crippen molar-refractivity contribution < 1.29 is 15.9 Å². The summed E-state index contributed by atoms with van der Waals surface area (Å²) in [7, 11) is 17.8. The second kappa shape index (κ2) is 11.4. The van der Waals surface area contributed by atoms with Crippen molar-refractivity contribution in [1.82, 2.24) is 0 Å². The van der Waals surface area contributed by atoms with E-state index in [4.69, 9.17) is 17.0 Å². The minimum atomic E-state index is -5.48. The molecule has 1 unspecified atom stereocenters. The van der Waals surface area contributed by atoms with Crippen LogP contribution >= 0.6 is 17.0 Å². The van der Waals surface area contributed by atoms with E-state index in [1.54, 1.807) is 0 Å². The topological polar surface area (TPSA) is 0 Å². The maximum atomic E-state index is 8.89. The summed E-state index contributed by atoms with van der Waals surface area (Å²) in [5, 5.41) is 0. The molecule has 2 aliphatic carbocycles. The summed E-state index contributed by atoms with van der Waals surface area (Å²) >= 11 is -5.48. The predicted molar refractivity (Wildman–Crippen MR) is 199 cm³/mol. The summed E-state index contributed by atoms with van der Waals surface area (Å²) in [6.07, 6.45) is 7.07. The van der Waals surface area contributed by atoms with Crippen LogP contribution in [0.1, 0.15) is 99.3 Å². The molecule has 0 fully saturated rings. The summed E-state index contributed by atoms with van der Waals surface area (Å²) in [4.78, 5) is 0. The van der Waals surface area contributed by atoms with Gasteiger partial charge >= 0.3 is 287 Å². The number of rotatable bonds is 4. The minimum absolute atomic E-state index is 0.0210. The molecule has 0 saturated heterocycles. The number of allylic oxidation sites excluding steroid dienone is 4. The van der Waals surface area contributed by atoms with Gasteiger partial charge < -0.3 is 0 Å². The monoisotopic (exact) mass is 724 g/mol. The first-order valence-electron chi connectivity index (χ1n) is 16.7. The zero-order valence-corrected chi connectivity index (χ0v) is 32.9. The van der Waals surface area contributed by atoms with Crippen molar-refractivity contribution in [3.63, 3.8) is 0 Å². The Labute approximate surface area is 285 Å². The van der Waals surface area contributed by atoms with Crippen molar-refractivity contribution in [3.05, 3.63) is 154 Å². The molecule has 0 heterocycles. The summed E-state index contributed by atoms with van der Waals surface area (Å²) < 4.78 is 0.882. The molecule has 0 radical (unpaired) electrons. The Kier molecular flexibility index (Phi) is 8.32. The Hall–Kier alpha value is -2.31. The van der Waals surface area contributed by atoms with E-state index in [1.807, 2.05) is 0 Å². The summed E-state index contributed by atoms with van der Waals surface area (Å²) in [6, 6.07) is 35.6. The van der Waals surface area contributed by atoms with Crippen molar-refractivity contribution in [2.75, 3.05) is 0 Å². The van der Waals surface area contributed by atoms with Crippen LogP contribution < -0.4 is 0 Å². The van der Waals surface area contributed by atoms with Crippen LogP contribution in [0.4, 0.5) is 0 Å². The third kappa shape index (κ3) is 5.63. The van der Waals surface area contributed by atoms with Gasteiger partial charge in [0.2, 0.25) is 0 Å². The molecule has 0 amide bonds. The molecule has 4 aromatic rings. The van der Waals surface area contributed by atoms with E-state index in [1.165, 1.54) is 39.0 Å². The first-order chi connectivity index (χ1) is 21.4. The van der Waals surface area contributed by atoms with Gasteiger partial charge in [0.05, 0.1) is 0 Å². The van der Waals surface area contributed by atoms with E-state index in [-0.39, 0.29) is 23.5 Å². The molecule has 2 aliphatic rings. The predicted octanol–water partition coefficient (Wildman–Crippen LogP) is 12.9. The molecule has 0 aliphatic heterocycles. The number of hydrogen-bond acceptors (Lipinski definition) is 0. The normalized spacial score (nSPS) is 17.1. The molecule has 1 atom stereocenters. The van der Waals surface area contributed by atoms with Crippen molar-refractivity contribution in [3.8, 4) is 11.1 Å². The molecule has 46 heavy (non-hydrogen) atoms. The van der Waals surface area contributed by atoms with Gasteiger partial charge in [-0.25, -0.2) is 0 Å². The van der Waals surface area contributed by atoms with Crippen LogP contribution in [0.25, 0.3) is 11.1 Å². The molecule has 0 spiro atoms. The Morgan fingerprint density at radius 2 is 1.00 bits per heavy atom. The van der Waals surface area contributed by atoms with Crippen LogP contribution in [0.2, 0.25) is 3.63 Å². The first kappa shape index (κ1) is 33.6. The fourth-order valence-corrected chi connectivity index (χ4v) is 26.8. The second-order valence-electron chi connectivity index (χ2n) is 16.6. The molecule has 0 N–H and O–H groups in total. The van der Waals surface area contributed by atoms with E-state index >= 15 is 0 Å². The van der Waals surface area contributed by atoms with Crippen molar-refractivity contribution in [2.45, 2.75) is 80.4 Å². The molecular weight excluding hydrogens is 679 g/mol. The summed E-state index contributed by atoms with van der Waals surface area (Å²) in [6.45, 7) is 20.6. The number of hydrogen-bond donors (Lipinski definition) is 0. The molecule has 0 saturated carbocycles. The fourth-order valence-electron chi connectivity index (χ4n) is 7.54. The zero-order chi connectivity index (χ0) is 33.3. The standard InChI is InChI=1S/C21H25.C13H10.C9H13.2ClH.Zr/c1-20(2,3)16-7-9-18-14(12-16)11-15-13-17(21(4,5)6)8-10-19(15)18;1-3-7-12(8-4-1)11-13-9-5-2-6-10-13;1-9(2,3)8-6-4-5-7-8;;;/h7-13H,1-6H3;1-10H;4-7H,1-3H3;2*1H;/q;;;;;+2/p-2. The average Bonchev–Trinajstić information content (AvgIpc) is 3.62. The number of halogens is 2. The third-order valence-corrected chi connectivity index (χ3v) is 29.8. The van der Waals surface area contributed by atoms with Gasteiger partial charge in [-0.05, 0) is 0 Å². The van der Waals surface area contributed by atoms with Crippen LogP contribution in [0.15, 0.2) is 121 Å². The SMILES string of the molecule is CC(C)(C)C1=C[CH]([Zr]([Cl])([Cl])(=[C](c2ccccc2)c2ccccc2)[CH]2c3cc(C(C)(C)C)ccc3-c3ccc(C(C)(C)C)cc32)C=C1. The Balaban J connectivity index is 1.85. The van der Waals surface area contributed by atoms with Gasteiger partial charge in [-0.2, -0.15) is 0 Å². The van der Waals surface area contributed by atoms with Gasteiger partial charge in [0.1, 0.15) is 0 Å². The Bertz CT molecular complexity index is 1830. The van der Waals surface area contributed by atoms with Crippen LogP contribution in [-0.4, -0.2) is 3.21 Å². The first-order valence-corrected chi connectivity index (χ1v) is 27.1. The molecule has 238 valence electrons. The van der Waals surface area contributed by atoms with Crippen LogP contribution in [0.3, 0.4) is 0 Å². The van der Waals surface area contributed by atoms with Crippen molar-refractivity contribution in [2.24, 2.45) is 5.41 Å². The Morgan fingerprint density at radius 1 is 0.565 bits per heavy atom. The van der Waals surface area contributed by atoms with E-state index in [9.17, 15) is 0 Å². The van der Waals surface area contributed by atoms with Gasteiger partial charge in [0.15, 0.2) is 0 Å².